The molecule has 0 aliphatic carbocycles. The summed E-state index contributed by atoms with van der Waals surface area (Å²) in [6, 6.07) is 0. The lowest BCUT2D eigenvalue weighted by Crippen LogP contribution is -2.28. The fourth-order valence-corrected chi connectivity index (χ4v) is 1.37. The molecule has 0 rings (SSSR count). The summed E-state index contributed by atoms with van der Waals surface area (Å²) in [6.07, 6.45) is 0. The van der Waals surface area contributed by atoms with Gasteiger partial charge in [-0.1, -0.05) is 0 Å². The van der Waals surface area contributed by atoms with Gasteiger partial charge < -0.3 is 10.0 Å². The second-order valence-electron chi connectivity index (χ2n) is 2.41. The Morgan fingerprint density at radius 1 is 1.33 bits per heavy atom. The van der Waals surface area contributed by atoms with Crippen LogP contribution in [0.5, 0.6) is 0 Å². The van der Waals surface area contributed by atoms with Crippen LogP contribution >= 0.6 is 0 Å². The molecule has 70 valence electrons. The molecule has 6 heteroatoms. The van der Waals surface area contributed by atoms with Crippen LogP contribution in [0, 0.1) is 0 Å². The number of rotatable bonds is 4. The van der Waals surface area contributed by atoms with Crippen LogP contribution in [0.1, 0.15) is 0 Å². The van der Waals surface area contributed by atoms with Crippen molar-refractivity contribution in [3.05, 3.63) is 0 Å². The van der Waals surface area contributed by atoms with Gasteiger partial charge in [0.15, 0.2) is 0 Å². The lowest BCUT2D eigenvalue weighted by Gasteiger charge is -2.08. The summed E-state index contributed by atoms with van der Waals surface area (Å²) in [4.78, 5) is 22.2. The summed E-state index contributed by atoms with van der Waals surface area (Å²) in [5, 5.41) is 8.22. The first-order chi connectivity index (χ1) is 5.43. The van der Waals surface area contributed by atoms with Gasteiger partial charge in [0.2, 0.25) is 5.91 Å². The third kappa shape index (κ3) is 4.84. The summed E-state index contributed by atoms with van der Waals surface area (Å²) in [7, 11) is 1.46. The predicted octanol–water partition coefficient (Wildman–Crippen LogP) is -1.09. The van der Waals surface area contributed by atoms with Crippen LogP contribution in [-0.2, 0) is 20.4 Å². The number of aliphatic carboxylic acids is 1. The first-order valence-corrected chi connectivity index (χ1v) is 4.69. The minimum absolute atomic E-state index is 0.223. The van der Waals surface area contributed by atoms with E-state index in [-0.39, 0.29) is 11.7 Å². The average Bonchev–Trinajstić information content (AvgIpc) is 1.84. The largest absolute Gasteiger partial charge is 0.481 e. The van der Waals surface area contributed by atoms with E-state index in [0.717, 1.165) is 0 Å². The number of nitrogens with zero attached hydrogens (tertiary/aromatic N) is 1. The number of hydrogen-bond donors (Lipinski definition) is 1. The normalized spacial score (nSPS) is 12.2. The molecule has 1 unspecified atom stereocenters. The second-order valence-corrected chi connectivity index (χ2v) is 3.87. The smallest absolute Gasteiger partial charge is 0.316 e. The van der Waals surface area contributed by atoms with Crippen LogP contribution in [0.2, 0.25) is 0 Å². The lowest BCUT2D eigenvalue weighted by molar-refractivity contribution is -0.133. The Bertz CT molecular complexity index is 214. The quantitative estimate of drug-likeness (QED) is 0.615. The molecule has 0 spiro atoms. The van der Waals surface area contributed by atoms with Gasteiger partial charge in [-0.15, -0.1) is 0 Å². The minimum atomic E-state index is -1.59. The molecular formula is C6H11NO4S. The van der Waals surface area contributed by atoms with Crippen LogP contribution in [0.3, 0.4) is 0 Å². The van der Waals surface area contributed by atoms with Crippen LogP contribution < -0.4 is 0 Å². The van der Waals surface area contributed by atoms with Gasteiger partial charge in [0.1, 0.15) is 11.5 Å². The maximum Gasteiger partial charge on any atom is 0.316 e. The van der Waals surface area contributed by atoms with E-state index in [2.05, 4.69) is 0 Å². The van der Waals surface area contributed by atoms with Crippen LogP contribution in [0.25, 0.3) is 0 Å². The first kappa shape index (κ1) is 11.1. The van der Waals surface area contributed by atoms with E-state index in [4.69, 9.17) is 5.11 Å². The zero-order valence-electron chi connectivity index (χ0n) is 6.94. The van der Waals surface area contributed by atoms with E-state index in [0.29, 0.717) is 0 Å². The molecule has 0 aliphatic rings. The van der Waals surface area contributed by atoms with Gasteiger partial charge in [0.25, 0.3) is 0 Å². The van der Waals surface area contributed by atoms with E-state index in [9.17, 15) is 13.8 Å². The topological polar surface area (TPSA) is 74.7 Å². The Balaban J connectivity index is 3.85. The molecule has 0 fully saturated rings. The van der Waals surface area contributed by atoms with Gasteiger partial charge in [-0.05, 0) is 0 Å². The van der Waals surface area contributed by atoms with E-state index in [1.807, 2.05) is 0 Å². The Morgan fingerprint density at radius 2 is 1.83 bits per heavy atom. The van der Waals surface area contributed by atoms with Gasteiger partial charge >= 0.3 is 5.97 Å². The summed E-state index contributed by atoms with van der Waals surface area (Å²) in [6.45, 7) is 0. The van der Waals surface area contributed by atoms with Crippen LogP contribution in [-0.4, -0.2) is 51.7 Å². The Hall–Kier alpha value is -0.910. The van der Waals surface area contributed by atoms with Gasteiger partial charge in [0, 0.05) is 24.9 Å². The van der Waals surface area contributed by atoms with E-state index < -0.39 is 22.5 Å². The number of carbonyl (C=O) groups excluding carboxylic acids is 1. The minimum Gasteiger partial charge on any atom is -0.481 e. The fourth-order valence-electron chi connectivity index (χ4n) is 0.456. The van der Waals surface area contributed by atoms with Crippen molar-refractivity contribution in [1.29, 1.82) is 0 Å². The van der Waals surface area contributed by atoms with Crippen molar-refractivity contribution >= 4 is 22.7 Å². The number of hydrogen-bond acceptors (Lipinski definition) is 3. The SMILES string of the molecule is CN(C)C(=O)CS(=O)CC(=O)O. The standard InChI is InChI=1S/C6H11NO4S/c1-7(2)5(8)3-12(11)4-6(9)10/h3-4H2,1-2H3,(H,9,10). The van der Waals surface area contributed by atoms with Crippen molar-refractivity contribution in [3.8, 4) is 0 Å². The molecule has 1 N–H and O–H groups in total. The molecule has 0 aliphatic heterocycles. The molecule has 0 saturated carbocycles. The van der Waals surface area contributed by atoms with Crippen molar-refractivity contribution < 1.29 is 18.9 Å². The number of amides is 1. The molecule has 5 nitrogen and oxygen atoms in total. The molecule has 0 heterocycles. The second kappa shape index (κ2) is 4.87. The molecule has 0 aromatic heterocycles. The summed E-state index contributed by atoms with van der Waals surface area (Å²) in [5.74, 6) is -2.17. The molecule has 12 heavy (non-hydrogen) atoms. The lowest BCUT2D eigenvalue weighted by atomic mass is 10.6. The van der Waals surface area contributed by atoms with Crippen molar-refractivity contribution in [2.75, 3.05) is 25.6 Å². The van der Waals surface area contributed by atoms with Crippen LogP contribution in [0.15, 0.2) is 0 Å². The van der Waals surface area contributed by atoms with Crippen molar-refractivity contribution in [3.63, 3.8) is 0 Å². The highest BCUT2D eigenvalue weighted by atomic mass is 32.2. The highest BCUT2D eigenvalue weighted by molar-refractivity contribution is 7.86. The monoisotopic (exact) mass is 193 g/mol. The molecule has 0 saturated heterocycles. The third-order valence-electron chi connectivity index (χ3n) is 1.07. The third-order valence-corrected chi connectivity index (χ3v) is 2.21. The van der Waals surface area contributed by atoms with Gasteiger partial charge in [-0.3, -0.25) is 13.8 Å². The highest BCUT2D eigenvalue weighted by Crippen LogP contribution is 1.86. The van der Waals surface area contributed by atoms with Crippen molar-refractivity contribution in [1.82, 2.24) is 4.90 Å². The predicted molar refractivity (Wildman–Crippen MR) is 44.2 cm³/mol. The van der Waals surface area contributed by atoms with E-state index >= 15 is 0 Å². The maximum atomic E-state index is 10.9. The Labute approximate surface area is 72.8 Å². The Morgan fingerprint density at radius 3 is 2.17 bits per heavy atom. The zero-order valence-corrected chi connectivity index (χ0v) is 7.76. The van der Waals surface area contributed by atoms with E-state index in [1.54, 1.807) is 0 Å². The van der Waals surface area contributed by atoms with E-state index in [1.165, 1.54) is 19.0 Å². The molecule has 0 aromatic carbocycles. The molecule has 0 radical (unpaired) electrons. The molecule has 0 bridgehead atoms. The summed E-state index contributed by atoms with van der Waals surface area (Å²) >= 11 is 0. The zero-order chi connectivity index (χ0) is 9.72. The van der Waals surface area contributed by atoms with Crippen molar-refractivity contribution in [2.24, 2.45) is 0 Å². The molecule has 1 atom stereocenters. The van der Waals surface area contributed by atoms with Gasteiger partial charge in [-0.2, -0.15) is 0 Å². The summed E-state index contributed by atoms with van der Waals surface area (Å²) < 4.78 is 10.9. The fraction of sp³-hybridized carbons (Fsp3) is 0.667. The average molecular weight is 193 g/mol. The number of carboxylic acids is 1. The number of carbonyl (C=O) groups is 2. The first-order valence-electron chi connectivity index (χ1n) is 3.20. The maximum absolute atomic E-state index is 10.9. The molecular weight excluding hydrogens is 182 g/mol. The highest BCUT2D eigenvalue weighted by Gasteiger charge is 2.12. The Kier molecular flexibility index (Phi) is 4.50. The van der Waals surface area contributed by atoms with Crippen LogP contribution in [0.4, 0.5) is 0 Å². The molecule has 1 amide bonds. The van der Waals surface area contributed by atoms with Crippen molar-refractivity contribution in [2.45, 2.75) is 0 Å². The summed E-state index contributed by atoms with van der Waals surface area (Å²) in [5.41, 5.74) is 0. The molecule has 0 aromatic rings. The van der Waals surface area contributed by atoms with Gasteiger partial charge in [-0.25, -0.2) is 0 Å². The number of carboxylic acid groups (broad SMARTS) is 1. The van der Waals surface area contributed by atoms with Gasteiger partial charge in [0.05, 0.1) is 0 Å².